The molecule has 4 aromatic rings. The number of halogens is 4. The molecule has 1 atom stereocenters. The van der Waals surface area contributed by atoms with Gasteiger partial charge in [-0.25, -0.2) is 13.5 Å². The normalized spacial score (nSPS) is 15.5. The Bertz CT molecular complexity index is 1440. The van der Waals surface area contributed by atoms with Crippen molar-refractivity contribution < 1.29 is 13.9 Å². The van der Waals surface area contributed by atoms with Crippen LogP contribution in [0.5, 0.6) is 0 Å². The Morgan fingerprint density at radius 3 is 2.40 bits per heavy atom. The molecule has 2 heterocycles. The molecule has 40 heavy (non-hydrogen) atoms. The molecule has 1 aromatic heterocycles. The predicted octanol–water partition coefficient (Wildman–Crippen LogP) is 4.71. The molecule has 0 radical (unpaired) electrons. The van der Waals surface area contributed by atoms with E-state index in [9.17, 15) is 13.9 Å². The number of nitrogens with zero attached hydrogens (tertiary/aromatic N) is 7. The van der Waals surface area contributed by atoms with E-state index in [4.69, 9.17) is 11.6 Å². The van der Waals surface area contributed by atoms with E-state index in [-0.39, 0.29) is 18.7 Å². The Morgan fingerprint density at radius 2 is 1.73 bits per heavy atom. The molecule has 1 aliphatic rings. The third kappa shape index (κ3) is 6.60. The summed E-state index contributed by atoms with van der Waals surface area (Å²) in [4.78, 5) is 6.54. The third-order valence-corrected chi connectivity index (χ3v) is 7.87. The van der Waals surface area contributed by atoms with Crippen molar-refractivity contribution in [2.24, 2.45) is 0 Å². The Hall–Kier alpha value is -3.12. The van der Waals surface area contributed by atoms with Gasteiger partial charge in [-0.15, -0.1) is 5.10 Å². The summed E-state index contributed by atoms with van der Waals surface area (Å²) in [6.45, 7) is 3.95. The van der Waals surface area contributed by atoms with Gasteiger partial charge in [0.2, 0.25) is 0 Å². The maximum Gasteiger partial charge on any atom is 0.138 e. The van der Waals surface area contributed by atoms with E-state index >= 15 is 0 Å². The molecule has 0 amide bonds. The first-order chi connectivity index (χ1) is 19.2. The molecule has 1 aliphatic heterocycles. The quantitative estimate of drug-likeness (QED) is 0.287. The number of rotatable bonds is 9. The number of piperazine rings is 1. The van der Waals surface area contributed by atoms with Crippen LogP contribution in [0.25, 0.3) is 0 Å². The zero-order valence-electron chi connectivity index (χ0n) is 21.9. The van der Waals surface area contributed by atoms with E-state index < -0.39 is 17.2 Å². The van der Waals surface area contributed by atoms with Gasteiger partial charge in [-0.3, -0.25) is 4.90 Å². The molecule has 0 aliphatic carbocycles. The van der Waals surface area contributed by atoms with Gasteiger partial charge in [0.15, 0.2) is 0 Å². The lowest BCUT2D eigenvalue weighted by atomic mass is 9.92. The fourth-order valence-electron chi connectivity index (χ4n) is 5.17. The van der Waals surface area contributed by atoms with Gasteiger partial charge in [-0.1, -0.05) is 45.7 Å². The smallest absolute Gasteiger partial charge is 0.138 e. The summed E-state index contributed by atoms with van der Waals surface area (Å²) in [5.41, 5.74) is 1.49. The van der Waals surface area contributed by atoms with E-state index in [0.29, 0.717) is 6.54 Å². The van der Waals surface area contributed by atoms with Gasteiger partial charge in [0.25, 0.3) is 0 Å². The van der Waals surface area contributed by atoms with Gasteiger partial charge in [-0.2, -0.15) is 0 Å². The maximum absolute atomic E-state index is 14.7. The summed E-state index contributed by atoms with van der Waals surface area (Å²) in [6.07, 6.45) is 1.35. The van der Waals surface area contributed by atoms with Crippen LogP contribution in [0.4, 0.5) is 20.2 Å². The number of aliphatic hydroxyl groups is 1. The first kappa shape index (κ1) is 28.4. The van der Waals surface area contributed by atoms with Crippen molar-refractivity contribution in [1.29, 1.82) is 0 Å². The molecule has 12 heteroatoms. The van der Waals surface area contributed by atoms with Crippen molar-refractivity contribution in [3.05, 3.63) is 99.2 Å². The molecule has 5 rings (SSSR count). The summed E-state index contributed by atoms with van der Waals surface area (Å²) in [7, 11) is 1.84. The first-order valence-corrected chi connectivity index (χ1v) is 14.0. The molecule has 1 unspecified atom stereocenters. The van der Waals surface area contributed by atoms with E-state index in [0.717, 1.165) is 64.7 Å². The Labute approximate surface area is 244 Å². The van der Waals surface area contributed by atoms with Crippen molar-refractivity contribution in [2.45, 2.75) is 18.7 Å². The van der Waals surface area contributed by atoms with Crippen molar-refractivity contribution in [3.8, 4) is 0 Å². The number of tetrazole rings is 1. The van der Waals surface area contributed by atoms with E-state index in [2.05, 4.69) is 71.6 Å². The maximum atomic E-state index is 14.7. The molecule has 8 nitrogen and oxygen atoms in total. The molecule has 210 valence electrons. The van der Waals surface area contributed by atoms with Crippen LogP contribution >= 0.6 is 27.5 Å². The van der Waals surface area contributed by atoms with E-state index in [1.165, 1.54) is 17.1 Å². The fourth-order valence-corrected chi connectivity index (χ4v) is 5.75. The van der Waals surface area contributed by atoms with Crippen molar-refractivity contribution in [1.82, 2.24) is 25.1 Å². The minimum atomic E-state index is -1.70. The number of benzene rings is 3. The van der Waals surface area contributed by atoms with Crippen LogP contribution in [0.2, 0.25) is 5.02 Å². The summed E-state index contributed by atoms with van der Waals surface area (Å²) in [5, 5.41) is 23.3. The highest BCUT2D eigenvalue weighted by atomic mass is 79.9. The Balaban J connectivity index is 1.22. The third-order valence-electron chi connectivity index (χ3n) is 7.06. The van der Waals surface area contributed by atoms with Gasteiger partial charge in [0.1, 0.15) is 23.6 Å². The highest BCUT2D eigenvalue weighted by Crippen LogP contribution is 2.31. The molecule has 1 saturated heterocycles. The van der Waals surface area contributed by atoms with Crippen LogP contribution in [0.3, 0.4) is 0 Å². The van der Waals surface area contributed by atoms with E-state index in [1.54, 1.807) is 0 Å². The van der Waals surface area contributed by atoms with Crippen LogP contribution in [-0.2, 0) is 18.7 Å². The monoisotopic (exact) mass is 631 g/mol. The lowest BCUT2D eigenvalue weighted by molar-refractivity contribution is -0.0178. The number of likely N-dealkylation sites (N-methyl/N-ethyl adjacent to an activating group) is 1. The summed E-state index contributed by atoms with van der Waals surface area (Å²) in [6, 6.07) is 17.4. The molecule has 0 spiro atoms. The SMILES string of the molecule is CN(Cc1ccc(N2CCN(c3cc(Br)ccc3Cl)CC2)cc1)CC(O)(Cn1cnnn1)c1ccc(F)cc1F. The largest absolute Gasteiger partial charge is 0.382 e. The zero-order valence-corrected chi connectivity index (χ0v) is 24.2. The van der Waals surface area contributed by atoms with Crippen molar-refractivity contribution in [3.63, 3.8) is 0 Å². The summed E-state index contributed by atoms with van der Waals surface area (Å²) >= 11 is 9.96. The number of aromatic nitrogens is 4. The van der Waals surface area contributed by atoms with Crippen LogP contribution in [0.1, 0.15) is 11.1 Å². The molecule has 1 N–H and O–H groups in total. The molecule has 0 saturated carbocycles. The van der Waals surface area contributed by atoms with Crippen molar-refractivity contribution in [2.75, 3.05) is 49.6 Å². The Morgan fingerprint density at radius 1 is 1.00 bits per heavy atom. The minimum absolute atomic E-state index is 0.0186. The Kier molecular flexibility index (Phi) is 8.65. The van der Waals surface area contributed by atoms with Crippen LogP contribution in [0.15, 0.2) is 71.5 Å². The van der Waals surface area contributed by atoms with Gasteiger partial charge in [0, 0.05) is 61.1 Å². The second-order valence-corrected chi connectivity index (χ2v) is 11.4. The van der Waals surface area contributed by atoms with Crippen LogP contribution in [-0.4, -0.2) is 70.0 Å². The highest BCUT2D eigenvalue weighted by molar-refractivity contribution is 9.10. The lowest BCUT2D eigenvalue weighted by Gasteiger charge is -2.38. The highest BCUT2D eigenvalue weighted by Gasteiger charge is 2.35. The van der Waals surface area contributed by atoms with Gasteiger partial charge < -0.3 is 14.9 Å². The molecular formula is C28H29BrClF2N7O. The number of anilines is 2. The topological polar surface area (TPSA) is 73.6 Å². The zero-order chi connectivity index (χ0) is 28.3. The van der Waals surface area contributed by atoms with E-state index in [1.807, 2.05) is 24.1 Å². The predicted molar refractivity (Wildman–Crippen MR) is 154 cm³/mol. The van der Waals surface area contributed by atoms with Gasteiger partial charge >= 0.3 is 0 Å². The van der Waals surface area contributed by atoms with Crippen molar-refractivity contribution >= 4 is 38.9 Å². The first-order valence-electron chi connectivity index (χ1n) is 12.8. The van der Waals surface area contributed by atoms with Crippen LogP contribution in [0, 0.1) is 11.6 Å². The average Bonchev–Trinajstić information content (AvgIpc) is 3.43. The lowest BCUT2D eigenvalue weighted by Crippen LogP contribution is -2.46. The molecule has 0 bridgehead atoms. The number of hydrogen-bond acceptors (Lipinski definition) is 7. The molecule has 1 fully saturated rings. The van der Waals surface area contributed by atoms with Crippen LogP contribution < -0.4 is 9.80 Å². The molecular weight excluding hydrogens is 604 g/mol. The fraction of sp³-hybridized carbons (Fsp3) is 0.321. The second kappa shape index (κ2) is 12.2. The summed E-state index contributed by atoms with van der Waals surface area (Å²) in [5.74, 6) is -1.53. The average molecular weight is 633 g/mol. The van der Waals surface area contributed by atoms with Gasteiger partial charge in [0.05, 0.1) is 17.3 Å². The number of hydrogen-bond donors (Lipinski definition) is 1. The second-order valence-electron chi connectivity index (χ2n) is 10.1. The van der Waals surface area contributed by atoms with Gasteiger partial charge in [-0.05, 0) is 59.4 Å². The minimum Gasteiger partial charge on any atom is -0.382 e. The molecule has 3 aromatic carbocycles. The summed E-state index contributed by atoms with van der Waals surface area (Å²) < 4.78 is 30.6. The standard InChI is InChI=1S/C28H29BrClF2N7O/c1-36(17-28(40,18-39-19-33-34-35-39)24-8-5-22(31)15-26(24)32)16-20-2-6-23(7-3-20)37-10-12-38(13-11-37)27-14-21(29)4-9-25(27)30/h2-9,14-15,19,40H,10-13,16-18H2,1H3.